The van der Waals surface area contributed by atoms with Gasteiger partial charge in [0.25, 0.3) is 0 Å². The number of carbonyl (C=O) groups excluding carboxylic acids is 1. The Morgan fingerprint density at radius 1 is 1.38 bits per heavy atom. The van der Waals surface area contributed by atoms with Crippen molar-refractivity contribution >= 4 is 5.97 Å². The molecule has 13 heavy (non-hydrogen) atoms. The van der Waals surface area contributed by atoms with Gasteiger partial charge in [-0.1, -0.05) is 0 Å². The van der Waals surface area contributed by atoms with E-state index in [0.717, 1.165) is 5.56 Å². The SMILES string of the molecule is COC(=O)c1cc(C)c(C)c(F)c1. The van der Waals surface area contributed by atoms with Crippen molar-refractivity contribution in [1.82, 2.24) is 0 Å². The van der Waals surface area contributed by atoms with Crippen LogP contribution < -0.4 is 0 Å². The number of methoxy groups -OCH3 is 1. The molecule has 0 saturated heterocycles. The van der Waals surface area contributed by atoms with Crippen molar-refractivity contribution < 1.29 is 13.9 Å². The van der Waals surface area contributed by atoms with Gasteiger partial charge in [-0.2, -0.15) is 0 Å². The summed E-state index contributed by atoms with van der Waals surface area (Å²) in [7, 11) is 1.27. The first-order chi connectivity index (χ1) is 6.06. The summed E-state index contributed by atoms with van der Waals surface area (Å²) in [6, 6.07) is 2.80. The fourth-order valence-electron chi connectivity index (χ4n) is 1.05. The van der Waals surface area contributed by atoms with E-state index in [9.17, 15) is 9.18 Å². The Kier molecular flexibility index (Phi) is 2.66. The van der Waals surface area contributed by atoms with Crippen LogP contribution in [0.25, 0.3) is 0 Å². The maximum Gasteiger partial charge on any atom is 0.337 e. The van der Waals surface area contributed by atoms with E-state index in [4.69, 9.17) is 0 Å². The number of rotatable bonds is 1. The van der Waals surface area contributed by atoms with Crippen LogP contribution in [-0.2, 0) is 4.74 Å². The van der Waals surface area contributed by atoms with Crippen LogP contribution in [0.3, 0.4) is 0 Å². The summed E-state index contributed by atoms with van der Waals surface area (Å²) >= 11 is 0. The number of benzene rings is 1. The van der Waals surface area contributed by atoms with Crippen molar-refractivity contribution in [2.24, 2.45) is 0 Å². The minimum Gasteiger partial charge on any atom is -0.465 e. The zero-order valence-corrected chi connectivity index (χ0v) is 7.85. The van der Waals surface area contributed by atoms with E-state index in [0.29, 0.717) is 5.56 Å². The van der Waals surface area contributed by atoms with Gasteiger partial charge in [-0.05, 0) is 37.1 Å². The van der Waals surface area contributed by atoms with E-state index in [1.807, 2.05) is 0 Å². The number of carbonyl (C=O) groups is 1. The second-order valence-electron chi connectivity index (χ2n) is 2.89. The van der Waals surface area contributed by atoms with Crippen LogP contribution in [0.1, 0.15) is 21.5 Å². The lowest BCUT2D eigenvalue weighted by Gasteiger charge is -2.04. The largest absolute Gasteiger partial charge is 0.465 e. The Hall–Kier alpha value is -1.38. The maximum absolute atomic E-state index is 13.1. The molecule has 0 heterocycles. The molecular weight excluding hydrogens is 171 g/mol. The normalized spacial score (nSPS) is 9.85. The van der Waals surface area contributed by atoms with E-state index in [2.05, 4.69) is 4.74 Å². The first-order valence-corrected chi connectivity index (χ1v) is 3.91. The summed E-state index contributed by atoms with van der Waals surface area (Å²) < 4.78 is 17.6. The summed E-state index contributed by atoms with van der Waals surface area (Å²) in [6.45, 7) is 3.43. The Bertz CT molecular complexity index is 322. The van der Waals surface area contributed by atoms with E-state index in [1.165, 1.54) is 13.2 Å². The quantitative estimate of drug-likeness (QED) is 0.622. The second kappa shape index (κ2) is 3.56. The Labute approximate surface area is 76.3 Å². The third-order valence-electron chi connectivity index (χ3n) is 2.03. The van der Waals surface area contributed by atoms with Gasteiger partial charge in [0.05, 0.1) is 12.7 Å². The highest BCUT2D eigenvalue weighted by molar-refractivity contribution is 5.89. The van der Waals surface area contributed by atoms with E-state index < -0.39 is 5.97 Å². The highest BCUT2D eigenvalue weighted by atomic mass is 19.1. The molecule has 0 atom stereocenters. The summed E-state index contributed by atoms with van der Waals surface area (Å²) in [6.07, 6.45) is 0. The van der Waals surface area contributed by atoms with Gasteiger partial charge in [0.1, 0.15) is 5.82 Å². The summed E-state index contributed by atoms with van der Waals surface area (Å²) in [5.41, 5.74) is 1.57. The summed E-state index contributed by atoms with van der Waals surface area (Å²) in [5.74, 6) is -0.887. The molecule has 0 aliphatic carbocycles. The third-order valence-corrected chi connectivity index (χ3v) is 2.03. The molecule has 3 heteroatoms. The molecule has 0 amide bonds. The predicted octanol–water partition coefficient (Wildman–Crippen LogP) is 2.23. The monoisotopic (exact) mass is 182 g/mol. The number of esters is 1. The molecule has 0 aliphatic rings. The molecule has 2 nitrogen and oxygen atoms in total. The number of halogens is 1. The van der Waals surface area contributed by atoms with Gasteiger partial charge in [-0.25, -0.2) is 9.18 Å². The fourth-order valence-corrected chi connectivity index (χ4v) is 1.05. The summed E-state index contributed by atoms with van der Waals surface area (Å²) in [5, 5.41) is 0. The zero-order valence-electron chi connectivity index (χ0n) is 7.85. The molecular formula is C10H11FO2. The molecule has 0 unspecified atom stereocenters. The predicted molar refractivity (Wildman–Crippen MR) is 47.2 cm³/mol. The van der Waals surface area contributed by atoms with Crippen molar-refractivity contribution in [3.8, 4) is 0 Å². The Morgan fingerprint density at radius 3 is 2.46 bits per heavy atom. The first kappa shape index (κ1) is 9.71. The molecule has 0 N–H and O–H groups in total. The van der Waals surface area contributed by atoms with Gasteiger partial charge < -0.3 is 4.74 Å². The topological polar surface area (TPSA) is 26.3 Å². The van der Waals surface area contributed by atoms with E-state index >= 15 is 0 Å². The third kappa shape index (κ3) is 1.86. The molecule has 0 aliphatic heterocycles. The van der Waals surface area contributed by atoms with Crippen molar-refractivity contribution in [3.05, 3.63) is 34.6 Å². The van der Waals surface area contributed by atoms with Gasteiger partial charge in [0, 0.05) is 0 Å². The minimum atomic E-state index is -0.512. The average Bonchev–Trinajstić information content (AvgIpc) is 2.12. The van der Waals surface area contributed by atoms with Crippen LogP contribution >= 0.6 is 0 Å². The minimum absolute atomic E-state index is 0.253. The van der Waals surface area contributed by atoms with Gasteiger partial charge in [0.2, 0.25) is 0 Å². The molecule has 1 aromatic rings. The number of hydrogen-bond acceptors (Lipinski definition) is 2. The van der Waals surface area contributed by atoms with Crippen LogP contribution in [0.2, 0.25) is 0 Å². The molecule has 0 saturated carbocycles. The first-order valence-electron chi connectivity index (χ1n) is 3.91. The molecule has 0 bridgehead atoms. The molecule has 0 aromatic heterocycles. The van der Waals surface area contributed by atoms with E-state index in [-0.39, 0.29) is 11.4 Å². The van der Waals surface area contributed by atoms with Crippen molar-refractivity contribution in [2.45, 2.75) is 13.8 Å². The Morgan fingerprint density at radius 2 is 2.00 bits per heavy atom. The maximum atomic E-state index is 13.1. The highest BCUT2D eigenvalue weighted by Crippen LogP contribution is 2.15. The van der Waals surface area contributed by atoms with Gasteiger partial charge in [-0.15, -0.1) is 0 Å². The van der Waals surface area contributed by atoms with Gasteiger partial charge in [-0.3, -0.25) is 0 Å². The molecule has 1 rings (SSSR count). The van der Waals surface area contributed by atoms with Crippen LogP contribution in [0.5, 0.6) is 0 Å². The number of hydrogen-bond donors (Lipinski definition) is 0. The lowest BCUT2D eigenvalue weighted by atomic mass is 10.1. The van der Waals surface area contributed by atoms with E-state index in [1.54, 1.807) is 19.9 Å². The Balaban J connectivity index is 3.20. The van der Waals surface area contributed by atoms with Crippen LogP contribution in [0, 0.1) is 19.7 Å². The van der Waals surface area contributed by atoms with Crippen molar-refractivity contribution in [2.75, 3.05) is 7.11 Å². The standard InChI is InChI=1S/C10H11FO2/c1-6-4-8(10(12)13-3)5-9(11)7(6)2/h4-5H,1-3H3. The lowest BCUT2D eigenvalue weighted by Crippen LogP contribution is -2.03. The number of aryl methyl sites for hydroxylation is 1. The molecule has 0 fully saturated rings. The van der Waals surface area contributed by atoms with Crippen molar-refractivity contribution in [3.63, 3.8) is 0 Å². The smallest absolute Gasteiger partial charge is 0.337 e. The molecule has 0 radical (unpaired) electrons. The van der Waals surface area contributed by atoms with Gasteiger partial charge in [0.15, 0.2) is 0 Å². The van der Waals surface area contributed by atoms with Crippen LogP contribution in [0.15, 0.2) is 12.1 Å². The zero-order chi connectivity index (χ0) is 10.0. The lowest BCUT2D eigenvalue weighted by molar-refractivity contribution is 0.0600. The molecule has 70 valence electrons. The molecule has 1 aromatic carbocycles. The molecule has 0 spiro atoms. The number of ether oxygens (including phenoxy) is 1. The van der Waals surface area contributed by atoms with Crippen molar-refractivity contribution in [1.29, 1.82) is 0 Å². The fraction of sp³-hybridized carbons (Fsp3) is 0.300. The average molecular weight is 182 g/mol. The highest BCUT2D eigenvalue weighted by Gasteiger charge is 2.09. The summed E-state index contributed by atoms with van der Waals surface area (Å²) in [4.78, 5) is 11.0. The van der Waals surface area contributed by atoms with Crippen LogP contribution in [0.4, 0.5) is 4.39 Å². The van der Waals surface area contributed by atoms with Gasteiger partial charge >= 0.3 is 5.97 Å². The van der Waals surface area contributed by atoms with Crippen LogP contribution in [-0.4, -0.2) is 13.1 Å². The second-order valence-corrected chi connectivity index (χ2v) is 2.89.